The van der Waals surface area contributed by atoms with Gasteiger partial charge in [0.2, 0.25) is 0 Å². The van der Waals surface area contributed by atoms with Crippen molar-refractivity contribution in [1.82, 2.24) is 9.97 Å². The second-order valence-electron chi connectivity index (χ2n) is 3.83. The van der Waals surface area contributed by atoms with E-state index in [0.29, 0.717) is 17.0 Å². The van der Waals surface area contributed by atoms with Crippen LogP contribution < -0.4 is 4.74 Å². The average molecular weight is 246 g/mol. The van der Waals surface area contributed by atoms with Crippen LogP contribution in [0.3, 0.4) is 0 Å². The summed E-state index contributed by atoms with van der Waals surface area (Å²) in [5, 5.41) is 18.0. The van der Waals surface area contributed by atoms with E-state index >= 15 is 0 Å². The largest absolute Gasteiger partial charge is 0.424 e. The molecule has 0 fully saturated rings. The first-order valence-electron chi connectivity index (χ1n) is 5.54. The van der Waals surface area contributed by atoms with Crippen LogP contribution in [-0.4, -0.2) is 20.2 Å². The van der Waals surface area contributed by atoms with Crippen molar-refractivity contribution in [2.45, 2.75) is 20.1 Å². The molecule has 0 atom stereocenters. The van der Waals surface area contributed by atoms with Gasteiger partial charge in [0.25, 0.3) is 0 Å². The van der Waals surface area contributed by atoms with Gasteiger partial charge in [0.1, 0.15) is 5.75 Å². The highest BCUT2D eigenvalue weighted by atomic mass is 16.5. The fraction of sp³-hybridized carbons (Fsp3) is 0.231. The zero-order valence-corrected chi connectivity index (χ0v) is 10.00. The molecule has 5 nitrogen and oxygen atoms in total. The van der Waals surface area contributed by atoms with Gasteiger partial charge in [-0.2, -0.15) is 4.98 Å². The summed E-state index contributed by atoms with van der Waals surface area (Å²) >= 11 is 0. The first-order valence-corrected chi connectivity index (χ1v) is 5.54. The number of aryl methyl sites for hydroxylation is 1. The Kier molecular flexibility index (Phi) is 3.86. The Bertz CT molecular complexity index is 544. The molecule has 0 amide bonds. The van der Waals surface area contributed by atoms with Crippen molar-refractivity contribution in [3.05, 3.63) is 47.3 Å². The van der Waals surface area contributed by atoms with Gasteiger partial charge in [-0.1, -0.05) is 12.1 Å². The molecule has 2 aromatic rings. The number of aromatic nitrogens is 2. The van der Waals surface area contributed by atoms with Crippen LogP contribution in [-0.2, 0) is 13.2 Å². The van der Waals surface area contributed by atoms with Crippen molar-refractivity contribution in [3.8, 4) is 11.8 Å². The van der Waals surface area contributed by atoms with Gasteiger partial charge in [-0.05, 0) is 24.6 Å². The summed E-state index contributed by atoms with van der Waals surface area (Å²) in [6.07, 6.45) is 1.54. The minimum absolute atomic E-state index is 0.0411. The van der Waals surface area contributed by atoms with Crippen molar-refractivity contribution in [2.75, 3.05) is 0 Å². The zero-order chi connectivity index (χ0) is 13.0. The SMILES string of the molecule is Cc1nc(Oc2cccc(CO)c2)ncc1CO. The molecule has 2 rings (SSSR count). The van der Waals surface area contributed by atoms with Crippen LogP contribution in [0.25, 0.3) is 0 Å². The minimum Gasteiger partial charge on any atom is -0.424 e. The molecule has 0 aliphatic rings. The molecular formula is C13H14N2O3. The van der Waals surface area contributed by atoms with Crippen molar-refractivity contribution in [2.24, 2.45) is 0 Å². The molecular weight excluding hydrogens is 232 g/mol. The van der Waals surface area contributed by atoms with Crippen LogP contribution in [0.2, 0.25) is 0 Å². The summed E-state index contributed by atoms with van der Waals surface area (Å²) in [5.41, 5.74) is 2.11. The second-order valence-corrected chi connectivity index (χ2v) is 3.83. The molecule has 94 valence electrons. The van der Waals surface area contributed by atoms with Crippen molar-refractivity contribution in [3.63, 3.8) is 0 Å². The standard InChI is InChI=1S/C13H14N2O3/c1-9-11(8-17)6-14-13(15-9)18-12-4-2-3-10(5-12)7-16/h2-6,16-17H,7-8H2,1H3. The van der Waals surface area contributed by atoms with E-state index in [1.54, 1.807) is 31.2 Å². The number of hydrogen-bond acceptors (Lipinski definition) is 5. The highest BCUT2D eigenvalue weighted by Crippen LogP contribution is 2.19. The summed E-state index contributed by atoms with van der Waals surface area (Å²) in [7, 11) is 0. The number of rotatable bonds is 4. The second kappa shape index (κ2) is 5.57. The number of benzene rings is 1. The molecule has 0 unspecified atom stereocenters. The van der Waals surface area contributed by atoms with Crippen LogP contribution in [0.15, 0.2) is 30.5 Å². The van der Waals surface area contributed by atoms with Crippen molar-refractivity contribution < 1.29 is 14.9 Å². The van der Waals surface area contributed by atoms with E-state index in [1.807, 2.05) is 0 Å². The normalized spacial score (nSPS) is 10.4. The Morgan fingerprint density at radius 1 is 1.22 bits per heavy atom. The molecule has 0 bridgehead atoms. The van der Waals surface area contributed by atoms with Gasteiger partial charge in [-0.3, -0.25) is 0 Å². The molecule has 0 saturated carbocycles. The summed E-state index contributed by atoms with van der Waals surface area (Å²) in [6, 6.07) is 7.29. The Balaban J connectivity index is 2.20. The molecule has 1 aromatic carbocycles. The Morgan fingerprint density at radius 2 is 2.06 bits per heavy atom. The fourth-order valence-corrected chi connectivity index (χ4v) is 1.49. The lowest BCUT2D eigenvalue weighted by molar-refractivity contribution is 0.279. The summed E-state index contributed by atoms with van der Waals surface area (Å²) in [5.74, 6) is 0.567. The lowest BCUT2D eigenvalue weighted by Gasteiger charge is -2.07. The molecule has 1 heterocycles. The molecule has 0 saturated heterocycles. The molecule has 5 heteroatoms. The Labute approximate surface area is 105 Å². The Morgan fingerprint density at radius 3 is 2.72 bits per heavy atom. The lowest BCUT2D eigenvalue weighted by Crippen LogP contribution is -1.98. The number of hydrogen-bond donors (Lipinski definition) is 2. The topological polar surface area (TPSA) is 75.5 Å². The van der Waals surface area contributed by atoms with E-state index < -0.39 is 0 Å². The number of nitrogens with zero attached hydrogens (tertiary/aromatic N) is 2. The maximum absolute atomic E-state index is 9.03. The third kappa shape index (κ3) is 2.82. The van der Waals surface area contributed by atoms with E-state index in [1.165, 1.54) is 6.20 Å². The quantitative estimate of drug-likeness (QED) is 0.856. The highest BCUT2D eigenvalue weighted by Gasteiger charge is 2.05. The molecule has 18 heavy (non-hydrogen) atoms. The molecule has 0 radical (unpaired) electrons. The molecule has 0 aliphatic heterocycles. The fourth-order valence-electron chi connectivity index (χ4n) is 1.49. The van der Waals surface area contributed by atoms with Gasteiger partial charge >= 0.3 is 6.01 Å². The first kappa shape index (κ1) is 12.5. The van der Waals surface area contributed by atoms with Gasteiger partial charge in [-0.15, -0.1) is 0 Å². The van der Waals surface area contributed by atoms with Crippen LogP contribution in [0.1, 0.15) is 16.8 Å². The predicted molar refractivity (Wildman–Crippen MR) is 65.1 cm³/mol. The third-order valence-electron chi connectivity index (χ3n) is 2.52. The molecule has 0 aliphatic carbocycles. The minimum atomic E-state index is -0.0912. The highest BCUT2D eigenvalue weighted by molar-refractivity contribution is 5.30. The summed E-state index contributed by atoms with van der Waals surface area (Å²) in [4.78, 5) is 8.14. The number of ether oxygens (including phenoxy) is 1. The maximum Gasteiger partial charge on any atom is 0.322 e. The van der Waals surface area contributed by atoms with Crippen LogP contribution >= 0.6 is 0 Å². The number of aliphatic hydroxyl groups is 2. The third-order valence-corrected chi connectivity index (χ3v) is 2.52. The van der Waals surface area contributed by atoms with Crippen LogP contribution in [0, 0.1) is 6.92 Å². The smallest absolute Gasteiger partial charge is 0.322 e. The molecule has 0 spiro atoms. The molecule has 2 N–H and O–H groups in total. The predicted octanol–water partition coefficient (Wildman–Crippen LogP) is 1.56. The lowest BCUT2D eigenvalue weighted by atomic mass is 10.2. The Hall–Kier alpha value is -1.98. The van der Waals surface area contributed by atoms with Gasteiger partial charge in [-0.25, -0.2) is 4.98 Å². The first-order chi connectivity index (χ1) is 8.72. The van der Waals surface area contributed by atoms with Crippen LogP contribution in [0.5, 0.6) is 11.8 Å². The van der Waals surface area contributed by atoms with E-state index in [4.69, 9.17) is 14.9 Å². The average Bonchev–Trinajstić information content (AvgIpc) is 2.39. The number of aliphatic hydroxyl groups excluding tert-OH is 2. The maximum atomic E-state index is 9.03. The zero-order valence-electron chi connectivity index (χ0n) is 10.00. The monoisotopic (exact) mass is 246 g/mol. The van der Waals surface area contributed by atoms with Gasteiger partial charge < -0.3 is 14.9 Å². The van der Waals surface area contributed by atoms with Crippen LogP contribution in [0.4, 0.5) is 0 Å². The van der Waals surface area contributed by atoms with E-state index in [2.05, 4.69) is 9.97 Å². The van der Waals surface area contributed by atoms with Gasteiger partial charge in [0, 0.05) is 11.8 Å². The van der Waals surface area contributed by atoms with Crippen molar-refractivity contribution >= 4 is 0 Å². The van der Waals surface area contributed by atoms with Crippen molar-refractivity contribution in [1.29, 1.82) is 0 Å². The summed E-state index contributed by atoms with van der Waals surface area (Å²) < 4.78 is 5.49. The van der Waals surface area contributed by atoms with E-state index in [-0.39, 0.29) is 19.2 Å². The van der Waals surface area contributed by atoms with Gasteiger partial charge in [0.05, 0.1) is 18.9 Å². The molecule has 1 aromatic heterocycles. The van der Waals surface area contributed by atoms with Gasteiger partial charge in [0.15, 0.2) is 0 Å². The van der Waals surface area contributed by atoms with E-state index in [0.717, 1.165) is 5.56 Å². The van der Waals surface area contributed by atoms with E-state index in [9.17, 15) is 0 Å². The summed E-state index contributed by atoms with van der Waals surface area (Å²) in [6.45, 7) is 1.65.